The number of para-hydroxylation sites is 1. The van der Waals surface area contributed by atoms with Gasteiger partial charge in [0, 0.05) is 31.7 Å². The Kier molecular flexibility index (Phi) is 7.08. The zero-order valence-corrected chi connectivity index (χ0v) is 13.4. The van der Waals surface area contributed by atoms with Crippen molar-refractivity contribution in [3.05, 3.63) is 42.2 Å². The number of H-pyrrole nitrogens is 1. The van der Waals surface area contributed by atoms with E-state index in [1.807, 2.05) is 24.3 Å². The van der Waals surface area contributed by atoms with Gasteiger partial charge < -0.3 is 19.8 Å². The number of hydrogen-bond acceptors (Lipinski definition) is 5. The minimum absolute atomic E-state index is 0.318. The van der Waals surface area contributed by atoms with E-state index in [2.05, 4.69) is 15.3 Å². The van der Waals surface area contributed by atoms with Crippen LogP contribution in [0.3, 0.4) is 0 Å². The summed E-state index contributed by atoms with van der Waals surface area (Å²) in [6, 6.07) is 7.87. The average Bonchev–Trinajstić information content (AvgIpc) is 3.07. The normalized spacial score (nSPS) is 12.2. The Labute approximate surface area is 132 Å². The summed E-state index contributed by atoms with van der Waals surface area (Å²) in [5.74, 6) is 0.427. The van der Waals surface area contributed by atoms with E-state index in [-0.39, 0.29) is 0 Å². The van der Waals surface area contributed by atoms with Crippen molar-refractivity contribution < 1.29 is 13.7 Å². The molecule has 1 aromatic heterocycles. The van der Waals surface area contributed by atoms with Gasteiger partial charge in [-0.25, -0.2) is 4.98 Å². The molecule has 0 aliphatic carbocycles. The monoisotopic (exact) mass is 323 g/mol. The number of hydrogen-bond donors (Lipinski definition) is 2. The molecule has 1 unspecified atom stereocenters. The van der Waals surface area contributed by atoms with Gasteiger partial charge in [0.15, 0.2) is 5.16 Å². The molecule has 1 aromatic carbocycles. The Balaban J connectivity index is 1.85. The molecule has 0 saturated carbocycles. The van der Waals surface area contributed by atoms with Gasteiger partial charge in [0.1, 0.15) is 6.79 Å². The van der Waals surface area contributed by atoms with Crippen molar-refractivity contribution in [2.45, 2.75) is 17.3 Å². The predicted octanol–water partition coefficient (Wildman–Crippen LogP) is 2.14. The van der Waals surface area contributed by atoms with Crippen LogP contribution < -0.4 is 5.32 Å². The SMILES string of the molecule is COCOCCCNc1ccccc1CS(=O)c1ncc[nH]1. The number of anilines is 1. The lowest BCUT2D eigenvalue weighted by atomic mass is 10.2. The fourth-order valence-corrected chi connectivity index (χ4v) is 2.99. The molecule has 0 radical (unpaired) electrons. The van der Waals surface area contributed by atoms with Crippen LogP contribution in [0.15, 0.2) is 41.8 Å². The summed E-state index contributed by atoms with van der Waals surface area (Å²) in [7, 11) is 0.432. The Hall–Kier alpha value is -1.70. The molecule has 7 heteroatoms. The van der Waals surface area contributed by atoms with Crippen LogP contribution in [0.1, 0.15) is 12.0 Å². The summed E-state index contributed by atoms with van der Waals surface area (Å²) in [6.07, 6.45) is 4.16. The summed E-state index contributed by atoms with van der Waals surface area (Å²) in [6.45, 7) is 1.74. The van der Waals surface area contributed by atoms with E-state index in [9.17, 15) is 4.21 Å². The largest absolute Gasteiger partial charge is 0.385 e. The Bertz CT molecular complexity index is 575. The van der Waals surface area contributed by atoms with Crippen molar-refractivity contribution in [3.8, 4) is 0 Å². The Morgan fingerprint density at radius 3 is 3.00 bits per heavy atom. The molecule has 0 amide bonds. The highest BCUT2D eigenvalue weighted by Crippen LogP contribution is 2.18. The molecule has 0 aliphatic heterocycles. The molecule has 22 heavy (non-hydrogen) atoms. The van der Waals surface area contributed by atoms with Crippen LogP contribution >= 0.6 is 0 Å². The van der Waals surface area contributed by atoms with Crippen molar-refractivity contribution in [2.75, 3.05) is 32.4 Å². The van der Waals surface area contributed by atoms with Gasteiger partial charge in [-0.1, -0.05) is 18.2 Å². The quantitative estimate of drug-likeness (QED) is 0.517. The maximum atomic E-state index is 12.2. The van der Waals surface area contributed by atoms with E-state index in [0.717, 1.165) is 24.2 Å². The fraction of sp³-hybridized carbons (Fsp3) is 0.400. The second-order valence-electron chi connectivity index (χ2n) is 4.64. The lowest BCUT2D eigenvalue weighted by molar-refractivity contribution is -0.0303. The molecular weight excluding hydrogens is 302 g/mol. The van der Waals surface area contributed by atoms with E-state index < -0.39 is 10.8 Å². The van der Waals surface area contributed by atoms with Crippen LogP contribution in [0, 0.1) is 0 Å². The van der Waals surface area contributed by atoms with E-state index in [4.69, 9.17) is 9.47 Å². The van der Waals surface area contributed by atoms with Crippen LogP contribution in [-0.4, -0.2) is 41.2 Å². The number of ether oxygens (including phenoxy) is 2. The summed E-state index contributed by atoms with van der Waals surface area (Å²) < 4.78 is 22.3. The van der Waals surface area contributed by atoms with Gasteiger partial charge in [-0.3, -0.25) is 4.21 Å². The van der Waals surface area contributed by atoms with Crippen molar-refractivity contribution in [1.29, 1.82) is 0 Å². The summed E-state index contributed by atoms with van der Waals surface area (Å²) in [5, 5.41) is 3.86. The van der Waals surface area contributed by atoms with Crippen LogP contribution in [-0.2, 0) is 26.0 Å². The summed E-state index contributed by atoms with van der Waals surface area (Å²) in [4.78, 5) is 6.93. The van der Waals surface area contributed by atoms with Gasteiger partial charge in [-0.2, -0.15) is 0 Å². The highest BCUT2D eigenvalue weighted by molar-refractivity contribution is 7.84. The summed E-state index contributed by atoms with van der Waals surface area (Å²) >= 11 is 0. The van der Waals surface area contributed by atoms with Crippen molar-refractivity contribution in [3.63, 3.8) is 0 Å². The molecule has 2 aromatic rings. The molecule has 0 spiro atoms. The third-order valence-electron chi connectivity index (χ3n) is 2.97. The third-order valence-corrected chi connectivity index (χ3v) is 4.20. The van der Waals surface area contributed by atoms with Crippen molar-refractivity contribution in [2.24, 2.45) is 0 Å². The van der Waals surface area contributed by atoms with Gasteiger partial charge >= 0.3 is 0 Å². The Morgan fingerprint density at radius 1 is 1.36 bits per heavy atom. The first-order valence-electron chi connectivity index (χ1n) is 7.07. The number of rotatable bonds is 10. The number of aromatic nitrogens is 2. The molecule has 1 atom stereocenters. The van der Waals surface area contributed by atoms with Crippen LogP contribution in [0.2, 0.25) is 0 Å². The van der Waals surface area contributed by atoms with E-state index in [1.54, 1.807) is 19.5 Å². The molecule has 6 nitrogen and oxygen atoms in total. The van der Waals surface area contributed by atoms with Crippen LogP contribution in [0.5, 0.6) is 0 Å². The third kappa shape index (κ3) is 5.25. The number of aromatic amines is 1. The van der Waals surface area contributed by atoms with Gasteiger partial charge in [-0.05, 0) is 18.1 Å². The van der Waals surface area contributed by atoms with Crippen LogP contribution in [0.4, 0.5) is 5.69 Å². The predicted molar refractivity (Wildman–Crippen MR) is 86.1 cm³/mol. The molecule has 2 rings (SSSR count). The van der Waals surface area contributed by atoms with E-state index in [1.165, 1.54) is 0 Å². The van der Waals surface area contributed by atoms with Crippen molar-refractivity contribution >= 4 is 16.5 Å². The lowest BCUT2D eigenvalue weighted by Gasteiger charge is -2.11. The van der Waals surface area contributed by atoms with Crippen LogP contribution in [0.25, 0.3) is 0 Å². The van der Waals surface area contributed by atoms with Gasteiger partial charge in [0.2, 0.25) is 0 Å². The number of imidazole rings is 1. The molecule has 0 saturated heterocycles. The van der Waals surface area contributed by atoms with Gasteiger partial charge in [0.25, 0.3) is 0 Å². The second kappa shape index (κ2) is 9.34. The van der Waals surface area contributed by atoms with Crippen molar-refractivity contribution in [1.82, 2.24) is 9.97 Å². The second-order valence-corrected chi connectivity index (χ2v) is 6.00. The minimum Gasteiger partial charge on any atom is -0.385 e. The molecule has 0 bridgehead atoms. The molecule has 0 aliphatic rings. The zero-order valence-electron chi connectivity index (χ0n) is 12.6. The first-order valence-corrected chi connectivity index (χ1v) is 8.39. The average molecular weight is 323 g/mol. The number of nitrogens with zero attached hydrogens (tertiary/aromatic N) is 1. The number of benzene rings is 1. The topological polar surface area (TPSA) is 76.2 Å². The molecular formula is C15H21N3O3S. The maximum absolute atomic E-state index is 12.2. The molecule has 1 heterocycles. The number of nitrogens with one attached hydrogen (secondary N) is 2. The molecule has 120 valence electrons. The smallest absolute Gasteiger partial charge is 0.196 e. The van der Waals surface area contributed by atoms with Gasteiger partial charge in [-0.15, -0.1) is 0 Å². The number of methoxy groups -OCH3 is 1. The maximum Gasteiger partial charge on any atom is 0.196 e. The van der Waals surface area contributed by atoms with E-state index in [0.29, 0.717) is 24.3 Å². The molecule has 0 fully saturated rings. The first kappa shape index (κ1) is 16.7. The van der Waals surface area contributed by atoms with Gasteiger partial charge in [0.05, 0.1) is 23.2 Å². The highest BCUT2D eigenvalue weighted by atomic mass is 32.2. The Morgan fingerprint density at radius 2 is 2.23 bits per heavy atom. The fourth-order valence-electron chi connectivity index (χ4n) is 1.94. The highest BCUT2D eigenvalue weighted by Gasteiger charge is 2.10. The minimum atomic E-state index is -1.17. The van der Waals surface area contributed by atoms with E-state index >= 15 is 0 Å². The lowest BCUT2D eigenvalue weighted by Crippen LogP contribution is -2.09. The molecule has 2 N–H and O–H groups in total. The first-order chi connectivity index (χ1) is 10.8. The summed E-state index contributed by atoms with van der Waals surface area (Å²) in [5.41, 5.74) is 2.00. The zero-order chi connectivity index (χ0) is 15.6. The standard InChI is InChI=1S/C15H21N3O3S/c1-20-12-21-10-4-7-16-14-6-3-2-5-13(14)11-22(19)15-17-8-9-18-15/h2-3,5-6,8-9,16H,4,7,10-12H2,1H3,(H,17,18).